The van der Waals surface area contributed by atoms with E-state index in [2.05, 4.69) is 50.9 Å². The van der Waals surface area contributed by atoms with Crippen LogP contribution in [0.15, 0.2) is 53.5 Å². The lowest BCUT2D eigenvalue weighted by Gasteiger charge is -2.32. The number of rotatable bonds is 10. The average Bonchev–Trinajstić information content (AvgIpc) is 2.81. The maximum atomic E-state index is 13.7. The SMILES string of the molecule is CN=C(NCCCOC1CCN(Cc2ccccc2)CC1)NCCc1ccc(F)cc1F. The van der Waals surface area contributed by atoms with Gasteiger partial charge in [-0.2, -0.15) is 0 Å². The molecule has 0 spiro atoms. The Hall–Kier alpha value is -2.51. The molecule has 174 valence electrons. The molecule has 0 atom stereocenters. The van der Waals surface area contributed by atoms with Crippen LogP contribution in [-0.2, 0) is 17.7 Å². The smallest absolute Gasteiger partial charge is 0.190 e. The minimum absolute atomic E-state index is 0.338. The van der Waals surface area contributed by atoms with Gasteiger partial charge in [0, 0.05) is 52.4 Å². The van der Waals surface area contributed by atoms with Crippen LogP contribution in [0.2, 0.25) is 0 Å². The van der Waals surface area contributed by atoms with Crippen LogP contribution < -0.4 is 10.6 Å². The molecule has 1 aliphatic heterocycles. The Kier molecular flexibility index (Phi) is 9.91. The van der Waals surface area contributed by atoms with Gasteiger partial charge in [-0.1, -0.05) is 36.4 Å². The van der Waals surface area contributed by atoms with E-state index in [1.807, 2.05) is 0 Å². The van der Waals surface area contributed by atoms with Gasteiger partial charge in [0.15, 0.2) is 5.96 Å². The van der Waals surface area contributed by atoms with Crippen molar-refractivity contribution in [3.63, 3.8) is 0 Å². The molecule has 7 heteroatoms. The number of hydrogen-bond acceptors (Lipinski definition) is 3. The molecule has 1 saturated heterocycles. The first-order valence-corrected chi connectivity index (χ1v) is 11.4. The van der Waals surface area contributed by atoms with Crippen LogP contribution in [0.25, 0.3) is 0 Å². The van der Waals surface area contributed by atoms with Crippen molar-refractivity contribution in [2.75, 3.05) is 39.8 Å². The fraction of sp³-hybridized carbons (Fsp3) is 0.480. The van der Waals surface area contributed by atoms with Crippen LogP contribution in [0, 0.1) is 11.6 Å². The van der Waals surface area contributed by atoms with Gasteiger partial charge in [0.1, 0.15) is 11.6 Å². The van der Waals surface area contributed by atoms with Crippen molar-refractivity contribution < 1.29 is 13.5 Å². The largest absolute Gasteiger partial charge is 0.378 e. The second-order valence-corrected chi connectivity index (χ2v) is 8.10. The highest BCUT2D eigenvalue weighted by Gasteiger charge is 2.19. The molecule has 0 aliphatic carbocycles. The zero-order chi connectivity index (χ0) is 22.6. The number of aliphatic imine (C=N–C) groups is 1. The number of ether oxygens (including phenoxy) is 1. The lowest BCUT2D eigenvalue weighted by atomic mass is 10.1. The number of halogens is 2. The van der Waals surface area contributed by atoms with Gasteiger partial charge in [0.25, 0.3) is 0 Å². The summed E-state index contributed by atoms with van der Waals surface area (Å²) < 4.78 is 32.7. The Morgan fingerprint density at radius 3 is 2.53 bits per heavy atom. The summed E-state index contributed by atoms with van der Waals surface area (Å²) >= 11 is 0. The normalized spacial score (nSPS) is 15.7. The number of hydrogen-bond donors (Lipinski definition) is 2. The highest BCUT2D eigenvalue weighted by molar-refractivity contribution is 5.79. The standard InChI is InChI=1S/C25H34F2N4O/c1-28-25(30-14-10-21-8-9-22(26)18-24(21)27)29-13-5-17-32-23-11-15-31(16-12-23)19-20-6-3-2-4-7-20/h2-4,6-9,18,23H,5,10-17,19H2,1H3,(H2,28,29,30). The Labute approximate surface area is 189 Å². The number of likely N-dealkylation sites (tertiary alicyclic amines) is 1. The van der Waals surface area contributed by atoms with Crippen molar-refractivity contribution in [1.29, 1.82) is 0 Å². The highest BCUT2D eigenvalue weighted by Crippen LogP contribution is 2.16. The molecule has 2 aromatic carbocycles. The summed E-state index contributed by atoms with van der Waals surface area (Å²) in [6.45, 7) is 5.13. The van der Waals surface area contributed by atoms with E-state index in [0.29, 0.717) is 37.2 Å². The first-order chi connectivity index (χ1) is 15.6. The van der Waals surface area contributed by atoms with E-state index in [1.54, 1.807) is 7.05 Å². The molecule has 1 aliphatic rings. The van der Waals surface area contributed by atoms with Crippen LogP contribution >= 0.6 is 0 Å². The number of nitrogens with one attached hydrogen (secondary N) is 2. The molecule has 3 rings (SSSR count). The van der Waals surface area contributed by atoms with Gasteiger partial charge in [-0.25, -0.2) is 8.78 Å². The summed E-state index contributed by atoms with van der Waals surface area (Å²) in [6.07, 6.45) is 3.83. The Balaban J connectivity index is 1.23. The van der Waals surface area contributed by atoms with E-state index in [1.165, 1.54) is 17.7 Å². The molecule has 2 aromatic rings. The third-order valence-electron chi connectivity index (χ3n) is 5.68. The maximum absolute atomic E-state index is 13.7. The van der Waals surface area contributed by atoms with E-state index >= 15 is 0 Å². The molecule has 0 aromatic heterocycles. The monoisotopic (exact) mass is 444 g/mol. The quantitative estimate of drug-likeness (QED) is 0.333. The third kappa shape index (κ3) is 8.20. The molecule has 5 nitrogen and oxygen atoms in total. The van der Waals surface area contributed by atoms with Crippen LogP contribution in [0.4, 0.5) is 8.78 Å². The summed E-state index contributed by atoms with van der Waals surface area (Å²) in [5.74, 6) is -0.406. The van der Waals surface area contributed by atoms with Gasteiger partial charge in [0.05, 0.1) is 6.10 Å². The molecule has 0 saturated carbocycles. The predicted molar refractivity (Wildman–Crippen MR) is 125 cm³/mol. The van der Waals surface area contributed by atoms with Crippen molar-refractivity contribution in [2.24, 2.45) is 4.99 Å². The zero-order valence-electron chi connectivity index (χ0n) is 18.8. The number of benzene rings is 2. The second kappa shape index (κ2) is 13.1. The first-order valence-electron chi connectivity index (χ1n) is 11.4. The van der Waals surface area contributed by atoms with E-state index in [4.69, 9.17) is 4.74 Å². The Bertz CT molecular complexity index is 839. The van der Waals surface area contributed by atoms with Crippen molar-refractivity contribution in [1.82, 2.24) is 15.5 Å². The first kappa shape index (κ1) is 24.1. The van der Waals surface area contributed by atoms with Crippen molar-refractivity contribution in [3.8, 4) is 0 Å². The summed E-state index contributed by atoms with van der Waals surface area (Å²) in [7, 11) is 1.70. The van der Waals surface area contributed by atoms with E-state index in [0.717, 1.165) is 51.5 Å². The number of nitrogens with zero attached hydrogens (tertiary/aromatic N) is 2. The average molecular weight is 445 g/mol. The molecule has 0 radical (unpaired) electrons. The lowest BCUT2D eigenvalue weighted by Crippen LogP contribution is -2.39. The summed E-state index contributed by atoms with van der Waals surface area (Å²) in [6, 6.07) is 14.3. The van der Waals surface area contributed by atoms with Gasteiger partial charge in [0.2, 0.25) is 0 Å². The highest BCUT2D eigenvalue weighted by atomic mass is 19.1. The van der Waals surface area contributed by atoms with Crippen molar-refractivity contribution >= 4 is 5.96 Å². The topological polar surface area (TPSA) is 48.9 Å². The Morgan fingerprint density at radius 2 is 1.81 bits per heavy atom. The zero-order valence-corrected chi connectivity index (χ0v) is 18.8. The van der Waals surface area contributed by atoms with Gasteiger partial charge in [-0.15, -0.1) is 0 Å². The van der Waals surface area contributed by atoms with E-state index in [9.17, 15) is 8.78 Å². The molecule has 0 bridgehead atoms. The maximum Gasteiger partial charge on any atom is 0.190 e. The van der Waals surface area contributed by atoms with Gasteiger partial charge in [-0.05, 0) is 42.9 Å². The molecule has 1 heterocycles. The van der Waals surface area contributed by atoms with Crippen LogP contribution in [-0.4, -0.2) is 56.8 Å². The summed E-state index contributed by atoms with van der Waals surface area (Å²) in [5, 5.41) is 6.41. The van der Waals surface area contributed by atoms with E-state index < -0.39 is 11.6 Å². The predicted octanol–water partition coefficient (Wildman–Crippen LogP) is 3.74. The van der Waals surface area contributed by atoms with Crippen molar-refractivity contribution in [2.45, 2.75) is 38.3 Å². The molecular weight excluding hydrogens is 410 g/mol. The second-order valence-electron chi connectivity index (χ2n) is 8.10. The molecule has 1 fully saturated rings. The summed E-state index contributed by atoms with van der Waals surface area (Å²) in [4.78, 5) is 6.67. The van der Waals surface area contributed by atoms with E-state index in [-0.39, 0.29) is 0 Å². The summed E-state index contributed by atoms with van der Waals surface area (Å²) in [5.41, 5.74) is 1.85. The molecule has 0 unspecified atom stereocenters. The van der Waals surface area contributed by atoms with Crippen molar-refractivity contribution in [3.05, 3.63) is 71.3 Å². The van der Waals surface area contributed by atoms with Crippen LogP contribution in [0.5, 0.6) is 0 Å². The molecule has 32 heavy (non-hydrogen) atoms. The van der Waals surface area contributed by atoms with Crippen LogP contribution in [0.1, 0.15) is 30.4 Å². The van der Waals surface area contributed by atoms with Gasteiger partial charge in [-0.3, -0.25) is 9.89 Å². The van der Waals surface area contributed by atoms with Crippen LogP contribution in [0.3, 0.4) is 0 Å². The lowest BCUT2D eigenvalue weighted by molar-refractivity contribution is 0.00534. The number of guanidine groups is 1. The molecule has 0 amide bonds. The van der Waals surface area contributed by atoms with Gasteiger partial charge >= 0.3 is 0 Å². The molecular formula is C25H34F2N4O. The fourth-order valence-electron chi connectivity index (χ4n) is 3.87. The van der Waals surface area contributed by atoms with Gasteiger partial charge < -0.3 is 15.4 Å². The minimum Gasteiger partial charge on any atom is -0.378 e. The third-order valence-corrected chi connectivity index (χ3v) is 5.68. The molecule has 2 N–H and O–H groups in total. The Morgan fingerprint density at radius 1 is 1.06 bits per heavy atom. The fourth-order valence-corrected chi connectivity index (χ4v) is 3.87. The minimum atomic E-state index is -0.559. The number of piperidine rings is 1.